The third-order valence-corrected chi connectivity index (χ3v) is 1.97. The molecule has 0 heterocycles. The highest BCUT2D eigenvalue weighted by atomic mass is 35.5. The van der Waals surface area contributed by atoms with Crippen molar-refractivity contribution in [2.75, 3.05) is 7.11 Å². The van der Waals surface area contributed by atoms with E-state index in [1.165, 1.54) is 13.2 Å². The van der Waals surface area contributed by atoms with Gasteiger partial charge in [-0.3, -0.25) is 0 Å². The summed E-state index contributed by atoms with van der Waals surface area (Å²) in [6.45, 7) is 1.57. The molecule has 0 bridgehead atoms. The molecule has 0 unspecified atom stereocenters. The standard InChI is InChI=1S/C9H8ClFO2/c1-5-3-7(10)6(4-8(5)11)9(12)13-2/h3-4H,1-2H3. The van der Waals surface area contributed by atoms with Gasteiger partial charge in [-0.25, -0.2) is 9.18 Å². The number of esters is 1. The Balaban J connectivity index is 3.23. The van der Waals surface area contributed by atoms with Gasteiger partial charge in [0.05, 0.1) is 17.7 Å². The molecule has 0 aromatic heterocycles. The van der Waals surface area contributed by atoms with Gasteiger partial charge in [0.25, 0.3) is 0 Å². The minimum atomic E-state index is -0.635. The van der Waals surface area contributed by atoms with Crippen molar-refractivity contribution >= 4 is 17.6 Å². The Morgan fingerprint density at radius 2 is 2.15 bits per heavy atom. The molecule has 1 aromatic carbocycles. The minimum absolute atomic E-state index is 0.0484. The molecular weight excluding hydrogens is 195 g/mol. The molecule has 0 aliphatic carbocycles. The van der Waals surface area contributed by atoms with Gasteiger partial charge in [-0.15, -0.1) is 0 Å². The maximum absolute atomic E-state index is 13.0. The molecule has 1 rings (SSSR count). The van der Waals surface area contributed by atoms with E-state index in [1.54, 1.807) is 6.92 Å². The summed E-state index contributed by atoms with van der Waals surface area (Å²) in [5.74, 6) is -1.10. The van der Waals surface area contributed by atoms with Crippen molar-refractivity contribution in [3.8, 4) is 0 Å². The molecule has 0 saturated carbocycles. The van der Waals surface area contributed by atoms with Gasteiger partial charge in [0.2, 0.25) is 0 Å². The molecule has 0 saturated heterocycles. The van der Waals surface area contributed by atoms with Gasteiger partial charge in [0.1, 0.15) is 5.82 Å². The lowest BCUT2D eigenvalue weighted by Crippen LogP contribution is -2.03. The van der Waals surface area contributed by atoms with Crippen molar-refractivity contribution in [3.05, 3.63) is 34.1 Å². The lowest BCUT2D eigenvalue weighted by Gasteiger charge is -2.03. The summed E-state index contributed by atoms with van der Waals surface area (Å²) in [5, 5.41) is 0.200. The van der Waals surface area contributed by atoms with Crippen LogP contribution in [0.25, 0.3) is 0 Å². The predicted molar refractivity (Wildman–Crippen MR) is 47.5 cm³/mol. The van der Waals surface area contributed by atoms with Crippen LogP contribution in [0.15, 0.2) is 12.1 Å². The van der Waals surface area contributed by atoms with E-state index in [4.69, 9.17) is 11.6 Å². The van der Waals surface area contributed by atoms with Crippen LogP contribution in [0.5, 0.6) is 0 Å². The third-order valence-electron chi connectivity index (χ3n) is 1.65. The smallest absolute Gasteiger partial charge is 0.339 e. The van der Waals surface area contributed by atoms with Crippen LogP contribution < -0.4 is 0 Å². The summed E-state index contributed by atoms with van der Waals surface area (Å²) in [5.41, 5.74) is 0.449. The van der Waals surface area contributed by atoms with Crippen LogP contribution in [-0.4, -0.2) is 13.1 Å². The summed E-state index contributed by atoms with van der Waals surface area (Å²) >= 11 is 5.71. The molecule has 0 fully saturated rings. The first-order chi connectivity index (χ1) is 6.06. The second kappa shape index (κ2) is 3.75. The van der Waals surface area contributed by atoms with Gasteiger partial charge in [-0.05, 0) is 24.6 Å². The Hall–Kier alpha value is -1.09. The summed E-state index contributed by atoms with van der Waals surface area (Å²) in [6, 6.07) is 2.46. The van der Waals surface area contributed by atoms with E-state index in [0.717, 1.165) is 6.07 Å². The Labute approximate surface area is 80.3 Å². The normalized spacial score (nSPS) is 9.85. The molecular formula is C9H8ClFO2. The molecule has 70 valence electrons. The number of hydrogen-bond acceptors (Lipinski definition) is 2. The Kier molecular flexibility index (Phi) is 2.88. The molecule has 1 aromatic rings. The van der Waals surface area contributed by atoms with Crippen molar-refractivity contribution in [1.29, 1.82) is 0 Å². The predicted octanol–water partition coefficient (Wildman–Crippen LogP) is 2.57. The van der Waals surface area contributed by atoms with Crippen molar-refractivity contribution in [1.82, 2.24) is 0 Å². The van der Waals surface area contributed by atoms with E-state index >= 15 is 0 Å². The lowest BCUT2D eigenvalue weighted by atomic mass is 10.1. The SMILES string of the molecule is COC(=O)c1cc(F)c(C)cc1Cl. The summed E-state index contributed by atoms with van der Waals surface area (Å²) < 4.78 is 17.4. The summed E-state index contributed by atoms with van der Waals surface area (Å²) in [7, 11) is 1.22. The zero-order chi connectivity index (χ0) is 10.0. The number of benzene rings is 1. The van der Waals surface area contributed by atoms with Crippen LogP contribution >= 0.6 is 11.6 Å². The van der Waals surface area contributed by atoms with Crippen LogP contribution in [0.4, 0.5) is 4.39 Å². The maximum Gasteiger partial charge on any atom is 0.339 e. The fourth-order valence-corrected chi connectivity index (χ4v) is 1.21. The number of methoxy groups -OCH3 is 1. The maximum atomic E-state index is 13.0. The highest BCUT2D eigenvalue weighted by Crippen LogP contribution is 2.20. The average molecular weight is 203 g/mol. The number of hydrogen-bond donors (Lipinski definition) is 0. The molecule has 0 spiro atoms. The van der Waals surface area contributed by atoms with Gasteiger partial charge in [-0.2, -0.15) is 0 Å². The first-order valence-electron chi connectivity index (χ1n) is 3.60. The highest BCUT2D eigenvalue weighted by Gasteiger charge is 2.12. The molecule has 13 heavy (non-hydrogen) atoms. The Morgan fingerprint density at radius 3 is 2.69 bits per heavy atom. The number of rotatable bonds is 1. The lowest BCUT2D eigenvalue weighted by molar-refractivity contribution is 0.0600. The van der Waals surface area contributed by atoms with Crippen LogP contribution in [0, 0.1) is 12.7 Å². The number of halogens is 2. The summed E-state index contributed by atoms with van der Waals surface area (Å²) in [4.78, 5) is 11.0. The molecule has 0 aliphatic heterocycles. The van der Waals surface area contributed by atoms with Crippen molar-refractivity contribution in [2.24, 2.45) is 0 Å². The molecule has 0 aliphatic rings. The second-order valence-corrected chi connectivity index (χ2v) is 2.98. The minimum Gasteiger partial charge on any atom is -0.465 e. The molecule has 4 heteroatoms. The third kappa shape index (κ3) is 1.98. The van der Waals surface area contributed by atoms with E-state index in [1.807, 2.05) is 0 Å². The van der Waals surface area contributed by atoms with E-state index in [2.05, 4.69) is 4.74 Å². The number of carbonyl (C=O) groups excluding carboxylic acids is 1. The number of carbonyl (C=O) groups is 1. The van der Waals surface area contributed by atoms with Crippen LogP contribution in [-0.2, 0) is 4.74 Å². The van der Waals surface area contributed by atoms with Gasteiger partial charge >= 0.3 is 5.97 Å². The monoisotopic (exact) mass is 202 g/mol. The van der Waals surface area contributed by atoms with E-state index < -0.39 is 11.8 Å². The average Bonchev–Trinajstić information content (AvgIpc) is 2.10. The van der Waals surface area contributed by atoms with Gasteiger partial charge in [0, 0.05) is 0 Å². The van der Waals surface area contributed by atoms with Crippen molar-refractivity contribution in [3.63, 3.8) is 0 Å². The Morgan fingerprint density at radius 1 is 1.54 bits per heavy atom. The fraction of sp³-hybridized carbons (Fsp3) is 0.222. The van der Waals surface area contributed by atoms with E-state index in [-0.39, 0.29) is 10.6 Å². The Bertz CT molecular complexity index is 350. The zero-order valence-corrected chi connectivity index (χ0v) is 7.98. The first kappa shape index (κ1) is 9.99. The highest BCUT2D eigenvalue weighted by molar-refractivity contribution is 6.33. The van der Waals surface area contributed by atoms with Gasteiger partial charge < -0.3 is 4.74 Å². The van der Waals surface area contributed by atoms with Gasteiger partial charge in [-0.1, -0.05) is 11.6 Å². The second-order valence-electron chi connectivity index (χ2n) is 2.57. The van der Waals surface area contributed by atoms with Crippen molar-refractivity contribution < 1.29 is 13.9 Å². The number of aryl methyl sites for hydroxylation is 1. The quantitative estimate of drug-likeness (QED) is 0.655. The van der Waals surface area contributed by atoms with Crippen LogP contribution in [0.2, 0.25) is 5.02 Å². The van der Waals surface area contributed by atoms with E-state index in [9.17, 15) is 9.18 Å². The topological polar surface area (TPSA) is 26.3 Å². The molecule has 0 amide bonds. The zero-order valence-electron chi connectivity index (χ0n) is 7.23. The number of ether oxygens (including phenoxy) is 1. The molecule has 0 N–H and O–H groups in total. The van der Waals surface area contributed by atoms with Crippen LogP contribution in [0.3, 0.4) is 0 Å². The first-order valence-corrected chi connectivity index (χ1v) is 3.98. The molecule has 0 atom stereocenters. The fourth-order valence-electron chi connectivity index (χ4n) is 0.913. The van der Waals surface area contributed by atoms with Crippen LogP contribution in [0.1, 0.15) is 15.9 Å². The van der Waals surface area contributed by atoms with Gasteiger partial charge in [0.15, 0.2) is 0 Å². The summed E-state index contributed by atoms with van der Waals surface area (Å²) in [6.07, 6.45) is 0. The molecule has 0 radical (unpaired) electrons. The molecule has 2 nitrogen and oxygen atoms in total. The van der Waals surface area contributed by atoms with E-state index in [0.29, 0.717) is 5.56 Å². The van der Waals surface area contributed by atoms with Crippen molar-refractivity contribution in [2.45, 2.75) is 6.92 Å². The largest absolute Gasteiger partial charge is 0.465 e.